The van der Waals surface area contributed by atoms with E-state index in [-0.39, 0.29) is 18.9 Å². The molecule has 0 bridgehead atoms. The van der Waals surface area contributed by atoms with Crippen LogP contribution in [0.3, 0.4) is 0 Å². The molecule has 17 atom stereocenters. The van der Waals surface area contributed by atoms with E-state index < -0.39 is 124 Å². The minimum atomic E-state index is -1.98. The summed E-state index contributed by atoms with van der Waals surface area (Å²) in [7, 11) is 0. The summed E-state index contributed by atoms with van der Waals surface area (Å²) in [4.78, 5) is 13.3. The molecule has 19 heteroatoms. The van der Waals surface area contributed by atoms with Gasteiger partial charge in [-0.25, -0.2) is 0 Å². The maximum absolute atomic E-state index is 13.3. The highest BCUT2D eigenvalue weighted by Gasteiger charge is 2.53. The van der Waals surface area contributed by atoms with Crippen LogP contribution in [0.4, 0.5) is 0 Å². The van der Waals surface area contributed by atoms with Gasteiger partial charge in [-0.15, -0.1) is 0 Å². The molecule has 3 rings (SSSR count). The molecular weight excluding hydrogens is 1070 g/mol. The number of hydrogen-bond acceptors (Lipinski definition) is 18. The van der Waals surface area contributed by atoms with Gasteiger partial charge < -0.3 is 89.9 Å². The second-order valence-electron chi connectivity index (χ2n) is 21.8. The summed E-state index contributed by atoms with van der Waals surface area (Å²) in [5, 5.41) is 120. The Labute approximate surface area is 494 Å². The highest BCUT2D eigenvalue weighted by atomic mass is 16.8. The predicted molar refractivity (Wildman–Crippen MR) is 318 cm³/mol. The summed E-state index contributed by atoms with van der Waals surface area (Å²) in [5.74, 6) is -0.292. The molecule has 476 valence electrons. The fraction of sp³-hybridized carbons (Fsp3) is 0.734. The van der Waals surface area contributed by atoms with Crippen LogP contribution < -0.4 is 5.32 Å². The van der Waals surface area contributed by atoms with Gasteiger partial charge in [0.15, 0.2) is 18.9 Å². The Morgan fingerprint density at radius 3 is 1.30 bits per heavy atom. The Kier molecular flexibility index (Phi) is 40.9. The van der Waals surface area contributed by atoms with E-state index in [1.54, 1.807) is 6.08 Å². The summed E-state index contributed by atoms with van der Waals surface area (Å²) in [6.07, 6.45) is 31.5. The lowest BCUT2D eigenvalue weighted by atomic mass is 9.96. The van der Waals surface area contributed by atoms with Gasteiger partial charge in [0.25, 0.3) is 0 Å². The van der Waals surface area contributed by atoms with E-state index in [0.29, 0.717) is 6.42 Å². The van der Waals surface area contributed by atoms with E-state index in [0.717, 1.165) is 116 Å². The fourth-order valence-corrected chi connectivity index (χ4v) is 9.82. The van der Waals surface area contributed by atoms with E-state index in [4.69, 9.17) is 28.4 Å². The van der Waals surface area contributed by atoms with E-state index in [1.807, 2.05) is 6.08 Å². The highest BCUT2D eigenvalue weighted by Crippen LogP contribution is 2.33. The van der Waals surface area contributed by atoms with E-state index in [1.165, 1.54) is 25.7 Å². The monoisotopic (exact) mass is 1180 g/mol. The topological polar surface area (TPSA) is 307 Å². The molecular formula is C64H107NO18. The number of unbranched alkanes of at least 4 members (excludes halogenated alkanes) is 14. The van der Waals surface area contributed by atoms with Crippen molar-refractivity contribution in [1.82, 2.24) is 5.32 Å². The smallest absolute Gasteiger partial charge is 0.220 e. The number of aliphatic hydroxyl groups excluding tert-OH is 11. The molecule has 17 unspecified atom stereocenters. The quantitative estimate of drug-likeness (QED) is 0.0241. The van der Waals surface area contributed by atoms with E-state index >= 15 is 0 Å². The molecule has 3 fully saturated rings. The molecule has 3 aliphatic heterocycles. The maximum Gasteiger partial charge on any atom is 0.220 e. The number of amides is 1. The summed E-state index contributed by atoms with van der Waals surface area (Å²) < 4.78 is 34.1. The molecule has 0 aromatic heterocycles. The Morgan fingerprint density at radius 1 is 0.446 bits per heavy atom. The van der Waals surface area contributed by atoms with Gasteiger partial charge in [-0.05, 0) is 77.0 Å². The molecule has 0 spiro atoms. The number of aliphatic hydroxyl groups is 11. The first kappa shape index (κ1) is 74.0. The molecule has 0 aliphatic carbocycles. The molecule has 19 nitrogen and oxygen atoms in total. The molecule has 3 saturated heterocycles. The maximum atomic E-state index is 13.3. The molecule has 0 aromatic rings. The number of carbonyl (C=O) groups is 1. The summed E-state index contributed by atoms with van der Waals surface area (Å²) in [6.45, 7) is 1.50. The van der Waals surface area contributed by atoms with Crippen molar-refractivity contribution in [2.24, 2.45) is 0 Å². The first-order valence-corrected chi connectivity index (χ1v) is 31.0. The lowest BCUT2D eigenvalue weighted by Crippen LogP contribution is -2.66. The summed E-state index contributed by atoms with van der Waals surface area (Å²) in [5.41, 5.74) is 0. The van der Waals surface area contributed by atoms with Crippen LogP contribution in [0, 0.1) is 0 Å². The van der Waals surface area contributed by atoms with E-state index in [9.17, 15) is 61.0 Å². The van der Waals surface area contributed by atoms with Gasteiger partial charge in [0.05, 0.1) is 38.6 Å². The lowest BCUT2D eigenvalue weighted by molar-refractivity contribution is -0.379. The number of ether oxygens (including phenoxy) is 6. The molecule has 0 saturated carbocycles. The molecule has 83 heavy (non-hydrogen) atoms. The minimum absolute atomic E-state index is 0.229. The van der Waals surface area contributed by atoms with Crippen molar-refractivity contribution in [3.05, 3.63) is 97.2 Å². The Morgan fingerprint density at radius 2 is 0.831 bits per heavy atom. The fourth-order valence-electron chi connectivity index (χ4n) is 9.82. The van der Waals surface area contributed by atoms with Crippen LogP contribution in [0.25, 0.3) is 0 Å². The zero-order valence-corrected chi connectivity index (χ0v) is 49.6. The van der Waals surface area contributed by atoms with Crippen molar-refractivity contribution in [2.45, 2.75) is 272 Å². The van der Waals surface area contributed by atoms with Gasteiger partial charge in [0.2, 0.25) is 5.91 Å². The average Bonchev–Trinajstić information content (AvgIpc) is 3.69. The predicted octanol–water partition coefficient (Wildman–Crippen LogP) is 6.15. The van der Waals surface area contributed by atoms with Crippen LogP contribution in [-0.4, -0.2) is 193 Å². The van der Waals surface area contributed by atoms with Crippen LogP contribution in [0.5, 0.6) is 0 Å². The van der Waals surface area contributed by atoms with Crippen molar-refractivity contribution >= 4 is 5.91 Å². The van der Waals surface area contributed by atoms with Crippen LogP contribution in [-0.2, 0) is 33.2 Å². The standard InChI is InChI=1S/C64H107NO18/c1-3-5-7-9-11-12-13-14-15-16-17-18-19-20-21-22-23-24-25-26-27-28-29-30-31-32-33-34-36-38-40-42-52(70)65-47(48(69)41-39-37-35-10-8-6-4-2)46-78-62-58(76)55(73)60(50(44-67)80-62)83-64-59(77)56(74)61(51(45-68)81-64)82-63-57(75)54(72)53(71)49(43-66)79-63/h5,7,11-12,14-15,17-18,20-21,23-24,26-27,39,41,47-51,53-64,66-69,71-77H,3-4,6,8-10,13,16,19,22,25,28-38,40,42-46H2,1-2H3,(H,65,70)/b7-5-,12-11-,15-14-,18-17-,21-20-,24-23-,27-26-,41-39+. The van der Waals surface area contributed by atoms with Crippen molar-refractivity contribution in [2.75, 3.05) is 26.4 Å². The van der Waals surface area contributed by atoms with Gasteiger partial charge in [0, 0.05) is 6.42 Å². The zero-order chi connectivity index (χ0) is 60.5. The Hall–Kier alpha value is -3.29. The first-order chi connectivity index (χ1) is 40.3. The number of hydrogen-bond donors (Lipinski definition) is 12. The minimum Gasteiger partial charge on any atom is -0.394 e. The third-order valence-corrected chi connectivity index (χ3v) is 14.9. The Bertz CT molecular complexity index is 1890. The van der Waals surface area contributed by atoms with Crippen LogP contribution in [0.15, 0.2) is 97.2 Å². The summed E-state index contributed by atoms with van der Waals surface area (Å²) >= 11 is 0. The first-order valence-electron chi connectivity index (χ1n) is 31.0. The Balaban J connectivity index is 1.36. The third-order valence-electron chi connectivity index (χ3n) is 14.9. The normalized spacial score (nSPS) is 30.1. The molecule has 3 aliphatic rings. The zero-order valence-electron chi connectivity index (χ0n) is 49.6. The SMILES string of the molecule is CC/C=C\C/C=C\C/C=C\C/C=C\C/C=C\C/C=C\C/C=C\CCCCCCCCCCCC(=O)NC(COC1OC(CO)C(OC2OC(CO)C(OC3OC(CO)C(O)C(O)C3O)C(O)C2O)C(O)C1O)C(O)/C=C/CCCCCCC. The van der Waals surface area contributed by atoms with Gasteiger partial charge in [-0.1, -0.05) is 182 Å². The third kappa shape index (κ3) is 29.3. The largest absolute Gasteiger partial charge is 0.394 e. The molecule has 3 heterocycles. The second kappa shape index (κ2) is 45.9. The van der Waals surface area contributed by atoms with Gasteiger partial charge in [-0.2, -0.15) is 0 Å². The molecule has 1 amide bonds. The van der Waals surface area contributed by atoms with Gasteiger partial charge in [-0.3, -0.25) is 4.79 Å². The van der Waals surface area contributed by atoms with Crippen molar-refractivity contribution in [3.8, 4) is 0 Å². The van der Waals surface area contributed by atoms with Gasteiger partial charge in [0.1, 0.15) is 73.2 Å². The summed E-state index contributed by atoms with van der Waals surface area (Å²) in [6, 6.07) is -0.979. The molecule has 0 radical (unpaired) electrons. The average molecular weight is 1180 g/mol. The number of rotatable bonds is 44. The van der Waals surface area contributed by atoms with Crippen LogP contribution in [0.2, 0.25) is 0 Å². The molecule has 12 N–H and O–H groups in total. The van der Waals surface area contributed by atoms with Crippen LogP contribution in [0.1, 0.15) is 168 Å². The van der Waals surface area contributed by atoms with Crippen LogP contribution >= 0.6 is 0 Å². The number of carbonyl (C=O) groups excluding carboxylic acids is 1. The van der Waals surface area contributed by atoms with E-state index in [2.05, 4.69) is 104 Å². The lowest BCUT2D eigenvalue weighted by Gasteiger charge is -2.48. The van der Waals surface area contributed by atoms with Gasteiger partial charge >= 0.3 is 0 Å². The second-order valence-corrected chi connectivity index (χ2v) is 21.8. The van der Waals surface area contributed by atoms with Crippen molar-refractivity contribution in [1.29, 1.82) is 0 Å². The highest BCUT2D eigenvalue weighted by molar-refractivity contribution is 5.76. The number of nitrogens with one attached hydrogen (secondary N) is 1. The molecule has 0 aromatic carbocycles. The van der Waals surface area contributed by atoms with Crippen molar-refractivity contribution < 1.29 is 89.4 Å². The number of allylic oxidation sites excluding steroid dienone is 15. The van der Waals surface area contributed by atoms with Crippen molar-refractivity contribution in [3.63, 3.8) is 0 Å².